The molecule has 1 aromatic carbocycles. The number of fused-ring (bicyclic) bond motifs is 1. The van der Waals surface area contributed by atoms with E-state index in [9.17, 15) is 4.79 Å². The third-order valence-corrected chi connectivity index (χ3v) is 3.15. The van der Waals surface area contributed by atoms with Crippen molar-refractivity contribution in [3.63, 3.8) is 0 Å². The first-order chi connectivity index (χ1) is 10.2. The smallest absolute Gasteiger partial charge is 0.313 e. The number of carbonyl (C=O) groups excluding carboxylic acids is 1. The third-order valence-electron chi connectivity index (χ3n) is 3.15. The number of nitrogens with zero attached hydrogens (tertiary/aromatic N) is 4. The van der Waals surface area contributed by atoms with E-state index in [1.807, 2.05) is 37.4 Å². The van der Waals surface area contributed by atoms with Crippen molar-refractivity contribution in [1.29, 1.82) is 0 Å². The molecule has 6 nitrogen and oxygen atoms in total. The van der Waals surface area contributed by atoms with Gasteiger partial charge >= 0.3 is 5.97 Å². The minimum atomic E-state index is -0.371. The number of aromatic nitrogens is 4. The second kappa shape index (κ2) is 5.32. The second-order valence-corrected chi connectivity index (χ2v) is 4.73. The Morgan fingerprint density at radius 3 is 2.71 bits per heavy atom. The van der Waals surface area contributed by atoms with Crippen molar-refractivity contribution in [2.75, 3.05) is 7.11 Å². The fraction of sp³-hybridized carbons (Fsp3) is 0.200. The van der Waals surface area contributed by atoms with Crippen LogP contribution in [-0.4, -0.2) is 32.7 Å². The van der Waals surface area contributed by atoms with Gasteiger partial charge in [0.25, 0.3) is 5.78 Å². The topological polar surface area (TPSA) is 69.4 Å². The normalized spacial score (nSPS) is 10.8. The molecule has 0 aliphatic carbocycles. The van der Waals surface area contributed by atoms with Crippen LogP contribution in [0.4, 0.5) is 0 Å². The molecular formula is C15H14N4O2. The highest BCUT2D eigenvalue weighted by Gasteiger charge is 2.10. The molecule has 106 valence electrons. The van der Waals surface area contributed by atoms with Crippen LogP contribution in [0.15, 0.2) is 36.7 Å². The molecule has 3 rings (SSSR count). The van der Waals surface area contributed by atoms with Crippen LogP contribution in [-0.2, 0) is 16.0 Å². The van der Waals surface area contributed by atoms with Crippen LogP contribution in [0.25, 0.3) is 16.9 Å². The summed E-state index contributed by atoms with van der Waals surface area (Å²) in [4.78, 5) is 19.7. The van der Waals surface area contributed by atoms with Crippen LogP contribution < -0.4 is 0 Å². The highest BCUT2D eigenvalue weighted by molar-refractivity contribution is 5.71. The molecule has 0 aliphatic heterocycles. The molecule has 0 aliphatic rings. The lowest BCUT2D eigenvalue weighted by molar-refractivity contribution is -0.139. The van der Waals surface area contributed by atoms with Crippen LogP contribution >= 0.6 is 0 Å². The average molecular weight is 282 g/mol. The standard InChI is InChI=1S/C15H14N4O2/c1-10-3-5-11(6-4-10)12-8-16-15-17-13(7-14(20)21-2)18-19(15)9-12/h3-6,8-9H,7H2,1-2H3. The van der Waals surface area contributed by atoms with Gasteiger partial charge in [-0.1, -0.05) is 29.8 Å². The predicted molar refractivity (Wildman–Crippen MR) is 76.7 cm³/mol. The van der Waals surface area contributed by atoms with Gasteiger partial charge in [0.2, 0.25) is 0 Å². The fourth-order valence-corrected chi connectivity index (χ4v) is 2.00. The molecule has 21 heavy (non-hydrogen) atoms. The summed E-state index contributed by atoms with van der Waals surface area (Å²) < 4.78 is 6.18. The van der Waals surface area contributed by atoms with Crippen LogP contribution in [0.2, 0.25) is 0 Å². The molecule has 0 saturated heterocycles. The van der Waals surface area contributed by atoms with Crippen molar-refractivity contribution >= 4 is 11.7 Å². The second-order valence-electron chi connectivity index (χ2n) is 4.73. The molecule has 0 saturated carbocycles. The molecule has 0 unspecified atom stereocenters. The van der Waals surface area contributed by atoms with Crippen LogP contribution in [0.3, 0.4) is 0 Å². The minimum Gasteiger partial charge on any atom is -0.469 e. The van der Waals surface area contributed by atoms with E-state index in [0.717, 1.165) is 11.1 Å². The molecule has 2 aromatic heterocycles. The molecule has 0 radical (unpaired) electrons. The van der Waals surface area contributed by atoms with Gasteiger partial charge in [-0.05, 0) is 12.5 Å². The zero-order valence-corrected chi connectivity index (χ0v) is 11.8. The lowest BCUT2D eigenvalue weighted by Crippen LogP contribution is -2.05. The minimum absolute atomic E-state index is 0.0414. The van der Waals surface area contributed by atoms with Crippen molar-refractivity contribution in [3.8, 4) is 11.1 Å². The number of hydrogen-bond donors (Lipinski definition) is 0. The van der Waals surface area contributed by atoms with Crippen molar-refractivity contribution in [3.05, 3.63) is 48.0 Å². The van der Waals surface area contributed by atoms with E-state index >= 15 is 0 Å². The Labute approximate surface area is 121 Å². The summed E-state index contributed by atoms with van der Waals surface area (Å²) in [5.74, 6) is 0.491. The molecule has 3 aromatic rings. The summed E-state index contributed by atoms with van der Waals surface area (Å²) in [7, 11) is 1.34. The summed E-state index contributed by atoms with van der Waals surface area (Å²) in [6.07, 6.45) is 3.64. The molecule has 0 spiro atoms. The molecule has 0 bridgehead atoms. The van der Waals surface area contributed by atoms with Gasteiger partial charge in [-0.15, -0.1) is 5.10 Å². The van der Waals surface area contributed by atoms with Gasteiger partial charge in [0.05, 0.1) is 7.11 Å². The Kier molecular flexibility index (Phi) is 3.35. The van der Waals surface area contributed by atoms with Gasteiger partial charge in [-0.2, -0.15) is 4.98 Å². The van der Waals surface area contributed by atoms with Gasteiger partial charge in [-0.3, -0.25) is 4.79 Å². The first kappa shape index (κ1) is 13.2. The van der Waals surface area contributed by atoms with Crippen LogP contribution in [0.1, 0.15) is 11.4 Å². The Morgan fingerprint density at radius 2 is 2.00 bits per heavy atom. The molecule has 2 heterocycles. The lowest BCUT2D eigenvalue weighted by Gasteiger charge is -2.01. The molecule has 0 N–H and O–H groups in total. The summed E-state index contributed by atoms with van der Waals surface area (Å²) in [5.41, 5.74) is 3.20. The van der Waals surface area contributed by atoms with E-state index < -0.39 is 0 Å². The van der Waals surface area contributed by atoms with Gasteiger partial charge in [0.15, 0.2) is 5.82 Å². The SMILES string of the molecule is COC(=O)Cc1nc2ncc(-c3ccc(C)cc3)cn2n1. The van der Waals surface area contributed by atoms with Gasteiger partial charge in [0.1, 0.15) is 6.42 Å². The molecule has 0 amide bonds. The first-order valence-corrected chi connectivity index (χ1v) is 6.51. The van der Waals surface area contributed by atoms with Crippen molar-refractivity contribution in [1.82, 2.24) is 19.6 Å². The van der Waals surface area contributed by atoms with E-state index in [4.69, 9.17) is 0 Å². The monoisotopic (exact) mass is 282 g/mol. The maximum atomic E-state index is 11.2. The van der Waals surface area contributed by atoms with E-state index in [0.29, 0.717) is 11.6 Å². The maximum Gasteiger partial charge on any atom is 0.313 e. The van der Waals surface area contributed by atoms with Crippen molar-refractivity contribution < 1.29 is 9.53 Å². The van der Waals surface area contributed by atoms with Gasteiger partial charge < -0.3 is 4.74 Å². The highest BCUT2D eigenvalue weighted by atomic mass is 16.5. The predicted octanol–water partition coefficient (Wildman–Crippen LogP) is 1.82. The zero-order valence-electron chi connectivity index (χ0n) is 11.8. The largest absolute Gasteiger partial charge is 0.469 e. The maximum absolute atomic E-state index is 11.2. The number of hydrogen-bond acceptors (Lipinski definition) is 5. The Balaban J connectivity index is 1.96. The highest BCUT2D eigenvalue weighted by Crippen LogP contribution is 2.18. The Bertz CT molecular complexity index is 793. The number of carbonyl (C=O) groups is 1. The summed E-state index contributed by atoms with van der Waals surface area (Å²) >= 11 is 0. The first-order valence-electron chi connectivity index (χ1n) is 6.51. The molecule has 6 heteroatoms. The molecule has 0 fully saturated rings. The summed E-state index contributed by atoms with van der Waals surface area (Å²) in [6, 6.07) is 8.15. The molecule has 0 atom stereocenters. The number of rotatable bonds is 3. The Morgan fingerprint density at radius 1 is 1.24 bits per heavy atom. The number of methoxy groups -OCH3 is 1. The lowest BCUT2D eigenvalue weighted by atomic mass is 10.1. The van der Waals surface area contributed by atoms with Gasteiger partial charge in [0, 0.05) is 18.0 Å². The number of esters is 1. The van der Waals surface area contributed by atoms with Crippen molar-refractivity contribution in [2.45, 2.75) is 13.3 Å². The van der Waals surface area contributed by atoms with E-state index in [2.05, 4.69) is 19.8 Å². The van der Waals surface area contributed by atoms with Crippen LogP contribution in [0.5, 0.6) is 0 Å². The summed E-state index contributed by atoms with van der Waals surface area (Å²) in [6.45, 7) is 2.04. The van der Waals surface area contributed by atoms with Gasteiger partial charge in [-0.25, -0.2) is 9.50 Å². The molecular weight excluding hydrogens is 268 g/mol. The summed E-state index contributed by atoms with van der Waals surface area (Å²) in [5, 5.41) is 4.25. The zero-order chi connectivity index (χ0) is 14.8. The third kappa shape index (κ3) is 2.74. The quantitative estimate of drug-likeness (QED) is 0.685. The fourth-order valence-electron chi connectivity index (χ4n) is 2.00. The number of aryl methyl sites for hydroxylation is 1. The average Bonchev–Trinajstić information content (AvgIpc) is 2.89. The van der Waals surface area contributed by atoms with E-state index in [1.165, 1.54) is 12.7 Å². The van der Waals surface area contributed by atoms with Crippen LogP contribution in [0, 0.1) is 6.92 Å². The van der Waals surface area contributed by atoms with Crippen molar-refractivity contribution in [2.24, 2.45) is 0 Å². The van der Waals surface area contributed by atoms with E-state index in [-0.39, 0.29) is 12.4 Å². The Hall–Kier alpha value is -2.76. The van der Waals surface area contributed by atoms with E-state index in [1.54, 1.807) is 10.7 Å². The number of benzene rings is 1. The number of ether oxygens (including phenoxy) is 1.